The van der Waals surface area contributed by atoms with Crippen LogP contribution >= 0.6 is 11.8 Å². The molecule has 0 unspecified atom stereocenters. The summed E-state index contributed by atoms with van der Waals surface area (Å²) in [5.74, 6) is 1.32. The number of hydrogen-bond acceptors (Lipinski definition) is 4. The Hall–Kier alpha value is -1.82. The minimum Gasteiger partial charge on any atom is -0.337 e. The molecule has 2 atom stereocenters. The van der Waals surface area contributed by atoms with Gasteiger partial charge in [0, 0.05) is 17.6 Å². The van der Waals surface area contributed by atoms with Gasteiger partial charge in [-0.2, -0.15) is 0 Å². The maximum Gasteiger partial charge on any atom is 0.233 e. The molecule has 1 amide bonds. The molecule has 1 saturated heterocycles. The molecular formula is C19H26N4OS. The molecule has 2 aromatic rings. The van der Waals surface area contributed by atoms with Crippen molar-refractivity contribution in [1.82, 2.24) is 20.1 Å². The van der Waals surface area contributed by atoms with E-state index in [0.717, 1.165) is 30.7 Å². The number of nitrogens with zero attached hydrogens (tertiary/aromatic N) is 3. The molecule has 1 aromatic heterocycles. The van der Waals surface area contributed by atoms with E-state index in [0.29, 0.717) is 23.0 Å². The van der Waals surface area contributed by atoms with E-state index in [1.54, 1.807) is 0 Å². The van der Waals surface area contributed by atoms with E-state index in [1.807, 2.05) is 4.90 Å². The second-order valence-corrected chi connectivity index (χ2v) is 7.68. The number of piperidine rings is 1. The number of rotatable bonds is 5. The van der Waals surface area contributed by atoms with Gasteiger partial charge < -0.3 is 4.90 Å². The highest BCUT2D eigenvalue weighted by Crippen LogP contribution is 2.25. The predicted octanol–water partition coefficient (Wildman–Crippen LogP) is 3.92. The van der Waals surface area contributed by atoms with E-state index in [4.69, 9.17) is 0 Å². The molecule has 1 aliphatic heterocycles. The van der Waals surface area contributed by atoms with Crippen molar-refractivity contribution in [3.8, 4) is 11.4 Å². The van der Waals surface area contributed by atoms with Crippen molar-refractivity contribution in [3.63, 3.8) is 0 Å². The Kier molecular flexibility index (Phi) is 5.78. The van der Waals surface area contributed by atoms with E-state index in [9.17, 15) is 4.79 Å². The minimum atomic E-state index is 0.184. The zero-order valence-corrected chi connectivity index (χ0v) is 16.0. The predicted molar refractivity (Wildman–Crippen MR) is 102 cm³/mol. The summed E-state index contributed by atoms with van der Waals surface area (Å²) in [6.45, 7) is 6.42. The number of aromatic nitrogens is 3. The monoisotopic (exact) mass is 358 g/mol. The van der Waals surface area contributed by atoms with Crippen molar-refractivity contribution < 1.29 is 4.79 Å². The molecule has 0 aliphatic carbocycles. The second-order valence-electron chi connectivity index (χ2n) is 6.74. The molecule has 134 valence electrons. The molecule has 0 bridgehead atoms. The van der Waals surface area contributed by atoms with Gasteiger partial charge in [0.25, 0.3) is 0 Å². The highest BCUT2D eigenvalue weighted by Gasteiger charge is 2.28. The highest BCUT2D eigenvalue weighted by atomic mass is 32.2. The Balaban J connectivity index is 1.60. The minimum absolute atomic E-state index is 0.184. The fourth-order valence-corrected chi connectivity index (χ4v) is 4.12. The number of carbonyl (C=O) groups is 1. The number of nitrogens with one attached hydrogen (secondary N) is 1. The van der Waals surface area contributed by atoms with Crippen molar-refractivity contribution >= 4 is 17.7 Å². The van der Waals surface area contributed by atoms with E-state index in [-0.39, 0.29) is 5.91 Å². The van der Waals surface area contributed by atoms with Gasteiger partial charge >= 0.3 is 0 Å². The van der Waals surface area contributed by atoms with Gasteiger partial charge in [-0.25, -0.2) is 4.98 Å². The standard InChI is InChI=1S/C19H26N4OS/c1-4-15-8-10-16(11-9-15)18-20-19(22-21-18)25-12-17(24)23-13(2)6-5-7-14(23)3/h8-11,13-14H,4-7,12H2,1-3H3,(H,20,21,22)/t13-,14-/m0/s1. The van der Waals surface area contributed by atoms with Crippen LogP contribution in [0.5, 0.6) is 0 Å². The first kappa shape index (κ1) is 18.0. The third kappa shape index (κ3) is 4.24. The normalized spacial score (nSPS) is 20.7. The van der Waals surface area contributed by atoms with Crippen molar-refractivity contribution in [2.24, 2.45) is 0 Å². The van der Waals surface area contributed by atoms with Crippen LogP contribution in [0.3, 0.4) is 0 Å². The summed E-state index contributed by atoms with van der Waals surface area (Å²) < 4.78 is 0. The summed E-state index contributed by atoms with van der Waals surface area (Å²) in [5, 5.41) is 7.85. The first-order valence-electron chi connectivity index (χ1n) is 9.04. The number of hydrogen-bond donors (Lipinski definition) is 1. The third-order valence-electron chi connectivity index (χ3n) is 4.91. The molecule has 0 saturated carbocycles. The Morgan fingerprint density at radius 2 is 1.92 bits per heavy atom. The van der Waals surface area contributed by atoms with Crippen molar-refractivity contribution in [1.29, 1.82) is 0 Å². The van der Waals surface area contributed by atoms with Gasteiger partial charge in [0.15, 0.2) is 5.82 Å². The van der Waals surface area contributed by atoms with Crippen LogP contribution in [0.15, 0.2) is 29.4 Å². The first-order chi connectivity index (χ1) is 12.1. The molecule has 2 heterocycles. The SMILES string of the molecule is CCc1ccc(-c2nc(SCC(=O)N3[C@@H](C)CCC[C@@H]3C)n[nH]2)cc1. The lowest BCUT2D eigenvalue weighted by molar-refractivity contribution is -0.134. The smallest absolute Gasteiger partial charge is 0.233 e. The Labute approximate surface area is 153 Å². The summed E-state index contributed by atoms with van der Waals surface area (Å²) >= 11 is 1.40. The van der Waals surface area contributed by atoms with Gasteiger partial charge in [-0.05, 0) is 45.1 Å². The van der Waals surface area contributed by atoms with Gasteiger partial charge in [0.05, 0.1) is 5.75 Å². The molecule has 1 aromatic carbocycles. The summed E-state index contributed by atoms with van der Waals surface area (Å²) in [5.41, 5.74) is 2.31. The van der Waals surface area contributed by atoms with Crippen molar-refractivity contribution in [2.45, 2.75) is 63.7 Å². The van der Waals surface area contributed by atoms with Crippen LogP contribution < -0.4 is 0 Å². The van der Waals surface area contributed by atoms with Gasteiger partial charge in [-0.3, -0.25) is 9.89 Å². The lowest BCUT2D eigenvalue weighted by Gasteiger charge is -2.39. The summed E-state index contributed by atoms with van der Waals surface area (Å²) in [6, 6.07) is 8.97. The lowest BCUT2D eigenvalue weighted by Crippen LogP contribution is -2.48. The number of carbonyl (C=O) groups excluding carboxylic acids is 1. The molecule has 1 aliphatic rings. The van der Waals surface area contributed by atoms with Gasteiger partial charge in [-0.1, -0.05) is 43.0 Å². The Bertz CT molecular complexity index is 702. The van der Waals surface area contributed by atoms with Crippen LogP contribution in [0.2, 0.25) is 0 Å². The topological polar surface area (TPSA) is 61.9 Å². The fraction of sp³-hybridized carbons (Fsp3) is 0.526. The third-order valence-corrected chi connectivity index (χ3v) is 5.74. The Morgan fingerprint density at radius 1 is 1.24 bits per heavy atom. The molecule has 3 rings (SSSR count). The number of amides is 1. The van der Waals surface area contributed by atoms with E-state index < -0.39 is 0 Å². The van der Waals surface area contributed by atoms with Gasteiger partial charge in [-0.15, -0.1) is 5.10 Å². The number of aryl methyl sites for hydroxylation is 1. The van der Waals surface area contributed by atoms with Crippen molar-refractivity contribution in [3.05, 3.63) is 29.8 Å². The zero-order valence-electron chi connectivity index (χ0n) is 15.2. The molecule has 1 fully saturated rings. The summed E-state index contributed by atoms with van der Waals surface area (Å²) in [6.07, 6.45) is 4.42. The molecule has 6 heteroatoms. The average Bonchev–Trinajstić information content (AvgIpc) is 3.09. The number of benzene rings is 1. The van der Waals surface area contributed by atoms with E-state index >= 15 is 0 Å². The van der Waals surface area contributed by atoms with Gasteiger partial charge in [0.2, 0.25) is 11.1 Å². The number of likely N-dealkylation sites (tertiary alicyclic amines) is 1. The van der Waals surface area contributed by atoms with Crippen LogP contribution in [-0.4, -0.2) is 43.8 Å². The van der Waals surface area contributed by atoms with Crippen LogP contribution in [0.4, 0.5) is 0 Å². The van der Waals surface area contributed by atoms with E-state index in [1.165, 1.54) is 23.7 Å². The maximum atomic E-state index is 12.6. The molecule has 25 heavy (non-hydrogen) atoms. The quantitative estimate of drug-likeness (QED) is 0.823. The molecular weight excluding hydrogens is 332 g/mol. The van der Waals surface area contributed by atoms with Crippen LogP contribution in [-0.2, 0) is 11.2 Å². The number of H-pyrrole nitrogens is 1. The fourth-order valence-electron chi connectivity index (χ4n) is 3.45. The highest BCUT2D eigenvalue weighted by molar-refractivity contribution is 7.99. The zero-order chi connectivity index (χ0) is 17.8. The second kappa shape index (κ2) is 8.04. The molecule has 0 spiro atoms. The van der Waals surface area contributed by atoms with Crippen LogP contribution in [0.25, 0.3) is 11.4 Å². The Morgan fingerprint density at radius 3 is 2.56 bits per heavy atom. The van der Waals surface area contributed by atoms with Crippen molar-refractivity contribution in [2.75, 3.05) is 5.75 Å². The van der Waals surface area contributed by atoms with Gasteiger partial charge in [0.1, 0.15) is 0 Å². The average molecular weight is 359 g/mol. The van der Waals surface area contributed by atoms with Crippen LogP contribution in [0.1, 0.15) is 45.6 Å². The summed E-state index contributed by atoms with van der Waals surface area (Å²) in [7, 11) is 0. The molecule has 0 radical (unpaired) electrons. The number of thioether (sulfide) groups is 1. The number of aromatic amines is 1. The summed E-state index contributed by atoms with van der Waals surface area (Å²) in [4.78, 5) is 19.1. The van der Waals surface area contributed by atoms with E-state index in [2.05, 4.69) is 60.2 Å². The first-order valence-corrected chi connectivity index (χ1v) is 10.0. The molecule has 1 N–H and O–H groups in total. The maximum absolute atomic E-state index is 12.6. The lowest BCUT2D eigenvalue weighted by atomic mass is 9.98. The molecule has 5 nitrogen and oxygen atoms in total. The van der Waals surface area contributed by atoms with Crippen LogP contribution in [0, 0.1) is 0 Å². The largest absolute Gasteiger partial charge is 0.337 e.